The Morgan fingerprint density at radius 2 is 0.542 bits per heavy atom. The molecule has 83 heavy (non-hydrogen) atoms. The quantitative estimate of drug-likeness (QED) is 0.122. The number of hydrogen-bond acceptors (Lipinski definition) is 5. The van der Waals surface area contributed by atoms with Gasteiger partial charge in [0, 0.05) is 78.4 Å². The number of anilines is 6. The van der Waals surface area contributed by atoms with E-state index in [2.05, 4.69) is 299 Å². The predicted molar refractivity (Wildman–Crippen MR) is 348 cm³/mol. The van der Waals surface area contributed by atoms with E-state index in [4.69, 9.17) is 15.0 Å². The van der Waals surface area contributed by atoms with E-state index in [1.807, 2.05) is 36.4 Å². The van der Waals surface area contributed by atoms with E-state index in [1.165, 1.54) is 21.9 Å². The number of nitrogens with zero attached hydrogens (tertiary/aromatic N) is 6. The molecule has 0 aliphatic carbocycles. The molecule has 0 fully saturated rings. The Morgan fingerprint density at radius 3 is 0.843 bits per heavy atom. The molecule has 402 valence electrons. The number of benzene rings is 11. The first kappa shape index (κ1) is 52.2. The minimum absolute atomic E-state index is 0.165. The highest BCUT2D eigenvalue weighted by molar-refractivity contribution is 6.18. The van der Waals surface area contributed by atoms with Crippen molar-refractivity contribution in [1.82, 2.24) is 19.5 Å². The topological polar surface area (TPSA) is 50.1 Å². The second-order valence-electron chi connectivity index (χ2n) is 23.4. The molecule has 0 atom stereocenters. The Morgan fingerprint density at radius 1 is 0.277 bits per heavy atom. The first-order chi connectivity index (χ1) is 40.4. The number of rotatable bonds is 12. The summed E-state index contributed by atoms with van der Waals surface area (Å²) < 4.78 is 2.53. The summed E-state index contributed by atoms with van der Waals surface area (Å²) in [6.45, 7) is 14.0. The van der Waals surface area contributed by atoms with Crippen LogP contribution in [0.3, 0.4) is 0 Å². The minimum Gasteiger partial charge on any atom is -0.311 e. The summed E-state index contributed by atoms with van der Waals surface area (Å²) in [4.78, 5) is 20.0. The van der Waals surface area contributed by atoms with E-state index in [0.29, 0.717) is 17.5 Å². The minimum atomic E-state index is -0.165. The summed E-state index contributed by atoms with van der Waals surface area (Å²) in [6.07, 6.45) is 0. The zero-order chi connectivity index (χ0) is 56.7. The van der Waals surface area contributed by atoms with Crippen LogP contribution in [0.15, 0.2) is 279 Å². The molecule has 11 aromatic carbocycles. The van der Waals surface area contributed by atoms with Gasteiger partial charge in [0.1, 0.15) is 0 Å². The summed E-state index contributed by atoms with van der Waals surface area (Å²) in [6, 6.07) is 99.8. The Labute approximate surface area is 487 Å². The van der Waals surface area contributed by atoms with E-state index in [-0.39, 0.29) is 10.8 Å². The Balaban J connectivity index is 1.06. The maximum atomic E-state index is 5.14. The largest absolute Gasteiger partial charge is 0.311 e. The second-order valence-corrected chi connectivity index (χ2v) is 23.4. The monoisotopic (exact) mass is 1070 g/mol. The number of fused-ring (bicyclic) bond motifs is 3. The molecule has 2 heterocycles. The fourth-order valence-corrected chi connectivity index (χ4v) is 11.3. The molecule has 0 radical (unpaired) electrons. The summed E-state index contributed by atoms with van der Waals surface area (Å²) in [5.41, 5.74) is 19.4. The molecular weight excluding hydrogens is 1010 g/mol. The smallest absolute Gasteiger partial charge is 0.164 e. The third kappa shape index (κ3) is 10.4. The van der Waals surface area contributed by atoms with Crippen molar-refractivity contribution < 1.29 is 0 Å². The molecule has 0 amide bonds. The van der Waals surface area contributed by atoms with Crippen molar-refractivity contribution in [3.05, 3.63) is 290 Å². The van der Waals surface area contributed by atoms with Crippen LogP contribution in [0, 0.1) is 0 Å². The molecule has 6 heteroatoms. The highest BCUT2D eigenvalue weighted by Crippen LogP contribution is 2.47. The maximum Gasteiger partial charge on any atom is 0.164 e. The molecule has 0 bridgehead atoms. The number of hydrogen-bond donors (Lipinski definition) is 0. The van der Waals surface area contributed by atoms with Gasteiger partial charge in [0.2, 0.25) is 0 Å². The van der Waals surface area contributed by atoms with Crippen molar-refractivity contribution >= 4 is 55.9 Å². The standard InChI is InChI=1S/C77H64N6/c1-76(2,3)58-49-67(53-37-43-64(44-38-53)81(60-29-17-9-18-30-60)61-31-19-10-20-32-61)71-69(51-58)70-52-59(77(4,5)6)50-68(54-39-45-65(46-40-54)82(62-33-21-11-22-34-62)63-35-23-12-24-36-63)72(70)83(71)66-47-41-57(42-48-66)75-79-73(55-25-13-7-14-26-55)78-74(80-75)56-27-15-8-16-28-56/h7-52H,1-6H3. The van der Waals surface area contributed by atoms with Crippen LogP contribution in [0.1, 0.15) is 52.7 Å². The van der Waals surface area contributed by atoms with Crippen LogP contribution in [0.4, 0.5) is 34.1 Å². The normalized spacial score (nSPS) is 11.7. The molecule has 0 aliphatic rings. The Hall–Kier alpha value is -10.2. The van der Waals surface area contributed by atoms with Gasteiger partial charge in [0.15, 0.2) is 17.5 Å². The Kier molecular flexibility index (Phi) is 13.7. The molecular formula is C77H64N6. The van der Waals surface area contributed by atoms with Crippen LogP contribution in [0.5, 0.6) is 0 Å². The van der Waals surface area contributed by atoms with E-state index in [9.17, 15) is 0 Å². The summed E-state index contributed by atoms with van der Waals surface area (Å²) in [5.74, 6) is 1.86. The van der Waals surface area contributed by atoms with Crippen molar-refractivity contribution in [2.45, 2.75) is 52.4 Å². The van der Waals surface area contributed by atoms with Gasteiger partial charge in [-0.3, -0.25) is 0 Å². The van der Waals surface area contributed by atoms with Crippen LogP contribution in [-0.2, 0) is 10.8 Å². The molecule has 0 saturated carbocycles. The highest BCUT2D eigenvalue weighted by Gasteiger charge is 2.28. The van der Waals surface area contributed by atoms with Gasteiger partial charge in [-0.05, 0) is 154 Å². The predicted octanol–water partition coefficient (Wildman–Crippen LogP) is 20.8. The van der Waals surface area contributed by atoms with E-state index in [0.717, 1.165) is 89.8 Å². The third-order valence-electron chi connectivity index (χ3n) is 15.7. The molecule has 0 saturated heterocycles. The van der Waals surface area contributed by atoms with Crippen LogP contribution in [0.2, 0.25) is 0 Å². The van der Waals surface area contributed by atoms with Crippen LogP contribution < -0.4 is 9.80 Å². The van der Waals surface area contributed by atoms with Gasteiger partial charge in [0.05, 0.1) is 11.0 Å². The van der Waals surface area contributed by atoms with Crippen molar-refractivity contribution in [2.75, 3.05) is 9.80 Å². The SMILES string of the molecule is CC(C)(C)c1cc(-c2ccc(N(c3ccccc3)c3ccccc3)cc2)c2c(c1)c1cc(C(C)(C)C)cc(-c3ccc(N(c4ccccc4)c4ccccc4)cc3)c1n2-c1ccc(-c2nc(-c3ccccc3)nc(-c3ccccc3)n2)cc1. The molecule has 0 N–H and O–H groups in total. The lowest BCUT2D eigenvalue weighted by Crippen LogP contribution is -2.11. The van der Waals surface area contributed by atoms with Crippen molar-refractivity contribution in [3.63, 3.8) is 0 Å². The van der Waals surface area contributed by atoms with Gasteiger partial charge >= 0.3 is 0 Å². The molecule has 0 spiro atoms. The molecule has 0 aliphatic heterocycles. The van der Waals surface area contributed by atoms with Gasteiger partial charge in [-0.2, -0.15) is 0 Å². The average molecular weight is 1070 g/mol. The number of aromatic nitrogens is 4. The maximum absolute atomic E-state index is 5.14. The van der Waals surface area contributed by atoms with Crippen LogP contribution in [-0.4, -0.2) is 19.5 Å². The lowest BCUT2D eigenvalue weighted by atomic mass is 9.82. The lowest BCUT2D eigenvalue weighted by Gasteiger charge is -2.26. The number of para-hydroxylation sites is 4. The molecule has 0 unspecified atom stereocenters. The van der Waals surface area contributed by atoms with Crippen molar-refractivity contribution in [2.24, 2.45) is 0 Å². The summed E-state index contributed by atoms with van der Waals surface area (Å²) in [5, 5.41) is 2.40. The zero-order valence-corrected chi connectivity index (χ0v) is 47.7. The van der Waals surface area contributed by atoms with E-state index >= 15 is 0 Å². The van der Waals surface area contributed by atoms with Gasteiger partial charge in [-0.1, -0.05) is 199 Å². The zero-order valence-electron chi connectivity index (χ0n) is 47.7. The molecule has 13 aromatic rings. The second kappa shape index (κ2) is 21.7. The third-order valence-corrected chi connectivity index (χ3v) is 15.7. The summed E-state index contributed by atoms with van der Waals surface area (Å²) in [7, 11) is 0. The van der Waals surface area contributed by atoms with Crippen LogP contribution >= 0.6 is 0 Å². The fraction of sp³-hybridized carbons (Fsp3) is 0.104. The lowest BCUT2D eigenvalue weighted by molar-refractivity contribution is 0.590. The fourth-order valence-electron chi connectivity index (χ4n) is 11.3. The van der Waals surface area contributed by atoms with E-state index in [1.54, 1.807) is 0 Å². The van der Waals surface area contributed by atoms with Gasteiger partial charge in [-0.25, -0.2) is 15.0 Å². The highest BCUT2D eigenvalue weighted by atomic mass is 15.1. The summed E-state index contributed by atoms with van der Waals surface area (Å²) >= 11 is 0. The first-order valence-corrected chi connectivity index (χ1v) is 28.6. The average Bonchev–Trinajstić information content (AvgIpc) is 2.21. The van der Waals surface area contributed by atoms with Gasteiger partial charge < -0.3 is 14.4 Å². The molecule has 13 rings (SSSR count). The molecule has 6 nitrogen and oxygen atoms in total. The van der Waals surface area contributed by atoms with Crippen molar-refractivity contribution in [1.29, 1.82) is 0 Å². The van der Waals surface area contributed by atoms with E-state index < -0.39 is 0 Å². The van der Waals surface area contributed by atoms with Gasteiger partial charge in [-0.15, -0.1) is 0 Å². The van der Waals surface area contributed by atoms with Gasteiger partial charge in [0.25, 0.3) is 0 Å². The molecule has 2 aromatic heterocycles. The van der Waals surface area contributed by atoms with Crippen molar-refractivity contribution in [3.8, 4) is 62.1 Å². The Bertz CT molecular complexity index is 4040. The van der Waals surface area contributed by atoms with Crippen LogP contribution in [0.25, 0.3) is 83.9 Å². The first-order valence-electron chi connectivity index (χ1n) is 28.6.